The zero-order valence-electron chi connectivity index (χ0n) is 22.3. The quantitative estimate of drug-likeness (QED) is 0.437. The van der Waals surface area contributed by atoms with Crippen LogP contribution in [0.5, 0.6) is 0 Å². The van der Waals surface area contributed by atoms with E-state index in [4.69, 9.17) is 4.74 Å². The molecule has 3 fully saturated rings. The van der Waals surface area contributed by atoms with Crippen LogP contribution in [0.15, 0.2) is 48.5 Å². The van der Waals surface area contributed by atoms with Gasteiger partial charge in [0.15, 0.2) is 0 Å². The Hall–Kier alpha value is -3.23. The van der Waals surface area contributed by atoms with Crippen molar-refractivity contribution in [3.8, 4) is 0 Å². The van der Waals surface area contributed by atoms with E-state index in [0.29, 0.717) is 50.0 Å². The van der Waals surface area contributed by atoms with E-state index in [1.807, 2.05) is 69.3 Å². The fraction of sp³-hybridized carbons (Fsp3) is 0.500. The summed E-state index contributed by atoms with van der Waals surface area (Å²) in [6, 6.07) is 14.2. The number of benzene rings is 2. The van der Waals surface area contributed by atoms with Crippen LogP contribution in [0.25, 0.3) is 0 Å². The Labute approximate surface area is 223 Å². The second kappa shape index (κ2) is 10.2. The number of likely N-dealkylation sites (tertiary alicyclic amines) is 1. The minimum absolute atomic E-state index is 0.00744. The molecule has 3 aliphatic heterocycles. The zero-order chi connectivity index (χ0) is 27.1. The van der Waals surface area contributed by atoms with Gasteiger partial charge in [-0.15, -0.1) is 0 Å². The van der Waals surface area contributed by atoms with E-state index in [0.717, 1.165) is 11.1 Å². The van der Waals surface area contributed by atoms with E-state index in [1.54, 1.807) is 4.90 Å². The molecule has 2 unspecified atom stereocenters. The standard InChI is InChI=1S/C30H37N3O5/c1-4-29-14-15-30(38-29)24(23(29)26(35)31-21-10-6-5-7-11-21)28(37)33(16-8-9-17-34)25(30)27(36)32-22-18-19(2)12-13-20(22)3/h5-7,10-13,18,23-25,34H,4,8-9,14-17H2,1-3H3,(H,31,35)(H,32,36)/t23-,24-,25?,29+,30?/m0/s1. The molecule has 1 spiro atoms. The van der Waals surface area contributed by atoms with Crippen LogP contribution >= 0.6 is 0 Å². The molecular weight excluding hydrogens is 482 g/mol. The van der Waals surface area contributed by atoms with Crippen molar-refractivity contribution in [1.29, 1.82) is 0 Å². The maximum Gasteiger partial charge on any atom is 0.250 e. The summed E-state index contributed by atoms with van der Waals surface area (Å²) in [5.41, 5.74) is 1.44. The Morgan fingerprint density at radius 1 is 1.05 bits per heavy atom. The molecule has 3 saturated heterocycles. The second-order valence-electron chi connectivity index (χ2n) is 11.0. The van der Waals surface area contributed by atoms with Gasteiger partial charge in [0.2, 0.25) is 17.7 Å². The molecule has 3 aliphatic rings. The number of nitrogens with one attached hydrogen (secondary N) is 2. The summed E-state index contributed by atoms with van der Waals surface area (Å²) >= 11 is 0. The van der Waals surface area contributed by atoms with Gasteiger partial charge in [-0.25, -0.2) is 0 Å². The Morgan fingerprint density at radius 2 is 1.82 bits per heavy atom. The lowest BCUT2D eigenvalue weighted by Crippen LogP contribution is -2.53. The number of unbranched alkanes of at least 4 members (excludes halogenated alkanes) is 1. The van der Waals surface area contributed by atoms with Gasteiger partial charge in [-0.1, -0.05) is 37.3 Å². The summed E-state index contributed by atoms with van der Waals surface area (Å²) in [4.78, 5) is 43.5. The number of carbonyl (C=O) groups is 3. The van der Waals surface area contributed by atoms with Crippen LogP contribution in [-0.4, -0.2) is 58.1 Å². The highest BCUT2D eigenvalue weighted by molar-refractivity contribution is 6.05. The van der Waals surface area contributed by atoms with Crippen molar-refractivity contribution >= 4 is 29.1 Å². The zero-order valence-corrected chi connectivity index (χ0v) is 22.3. The molecule has 0 radical (unpaired) electrons. The average Bonchev–Trinajstić information content (AvgIpc) is 3.50. The van der Waals surface area contributed by atoms with Gasteiger partial charge in [-0.05, 0) is 75.3 Å². The highest BCUT2D eigenvalue weighted by Crippen LogP contribution is 2.64. The van der Waals surface area contributed by atoms with E-state index in [2.05, 4.69) is 10.6 Å². The van der Waals surface area contributed by atoms with Crippen LogP contribution in [0.1, 0.15) is 50.2 Å². The molecule has 3 heterocycles. The van der Waals surface area contributed by atoms with Gasteiger partial charge >= 0.3 is 0 Å². The maximum absolute atomic E-state index is 14.1. The number of rotatable bonds is 9. The van der Waals surface area contributed by atoms with Crippen LogP contribution in [0.2, 0.25) is 0 Å². The summed E-state index contributed by atoms with van der Waals surface area (Å²) in [6.07, 6.45) is 2.79. The molecule has 8 nitrogen and oxygen atoms in total. The van der Waals surface area contributed by atoms with Gasteiger partial charge in [0.25, 0.3) is 0 Å². The smallest absolute Gasteiger partial charge is 0.250 e. The van der Waals surface area contributed by atoms with Crippen LogP contribution in [0, 0.1) is 25.7 Å². The fourth-order valence-corrected chi connectivity index (χ4v) is 6.86. The molecule has 3 amide bonds. The summed E-state index contributed by atoms with van der Waals surface area (Å²) in [5.74, 6) is -2.21. The molecule has 202 valence electrons. The minimum atomic E-state index is -1.08. The number of carbonyl (C=O) groups excluding carboxylic acids is 3. The molecule has 5 atom stereocenters. The number of para-hydroxylation sites is 1. The van der Waals surface area contributed by atoms with Gasteiger partial charge in [0.05, 0.1) is 17.4 Å². The van der Waals surface area contributed by atoms with Crippen LogP contribution in [0.3, 0.4) is 0 Å². The third-order valence-electron chi connectivity index (χ3n) is 8.71. The largest absolute Gasteiger partial charge is 0.396 e. The van der Waals surface area contributed by atoms with Gasteiger partial charge in [0, 0.05) is 24.5 Å². The number of anilines is 2. The molecule has 0 aromatic heterocycles. The molecule has 8 heteroatoms. The van der Waals surface area contributed by atoms with E-state index in [9.17, 15) is 19.5 Å². The second-order valence-corrected chi connectivity index (χ2v) is 11.0. The van der Waals surface area contributed by atoms with E-state index in [-0.39, 0.29) is 24.3 Å². The number of fused-ring (bicyclic) bond motifs is 1. The third kappa shape index (κ3) is 4.20. The lowest BCUT2D eigenvalue weighted by molar-refractivity contribution is -0.144. The molecule has 38 heavy (non-hydrogen) atoms. The van der Waals surface area contributed by atoms with Crippen molar-refractivity contribution in [2.45, 2.75) is 70.1 Å². The van der Waals surface area contributed by atoms with Gasteiger partial charge < -0.3 is 25.4 Å². The third-order valence-corrected chi connectivity index (χ3v) is 8.71. The Kier molecular flexibility index (Phi) is 7.05. The lowest BCUT2D eigenvalue weighted by atomic mass is 9.65. The molecule has 0 saturated carbocycles. The molecular formula is C30H37N3O5. The molecule has 2 bridgehead atoms. The van der Waals surface area contributed by atoms with Gasteiger partial charge in [-0.3, -0.25) is 14.4 Å². The fourth-order valence-electron chi connectivity index (χ4n) is 6.86. The number of aryl methyl sites for hydroxylation is 2. The molecule has 3 N–H and O–H groups in total. The van der Waals surface area contributed by atoms with E-state index < -0.39 is 29.1 Å². The normalized spacial score (nSPS) is 29.4. The van der Waals surface area contributed by atoms with Crippen molar-refractivity contribution in [3.05, 3.63) is 59.7 Å². The van der Waals surface area contributed by atoms with Crippen molar-refractivity contribution in [3.63, 3.8) is 0 Å². The molecule has 5 rings (SSSR count). The number of nitrogens with zero attached hydrogens (tertiary/aromatic N) is 1. The highest BCUT2D eigenvalue weighted by Gasteiger charge is 2.78. The molecule has 0 aliphatic carbocycles. The average molecular weight is 520 g/mol. The minimum Gasteiger partial charge on any atom is -0.396 e. The number of aliphatic hydroxyl groups excluding tert-OH is 1. The van der Waals surface area contributed by atoms with Crippen molar-refractivity contribution in [1.82, 2.24) is 4.90 Å². The van der Waals surface area contributed by atoms with Gasteiger partial charge in [-0.2, -0.15) is 0 Å². The first-order valence-electron chi connectivity index (χ1n) is 13.6. The van der Waals surface area contributed by atoms with Crippen molar-refractivity contribution in [2.75, 3.05) is 23.8 Å². The molecule has 2 aromatic carbocycles. The summed E-state index contributed by atoms with van der Waals surface area (Å²) in [5, 5.41) is 15.4. The van der Waals surface area contributed by atoms with Crippen LogP contribution < -0.4 is 10.6 Å². The van der Waals surface area contributed by atoms with Crippen molar-refractivity contribution < 1.29 is 24.2 Å². The van der Waals surface area contributed by atoms with E-state index in [1.165, 1.54) is 0 Å². The first kappa shape index (κ1) is 26.4. The predicted molar refractivity (Wildman–Crippen MR) is 144 cm³/mol. The van der Waals surface area contributed by atoms with Crippen molar-refractivity contribution in [2.24, 2.45) is 11.8 Å². The predicted octanol–water partition coefficient (Wildman–Crippen LogP) is 3.81. The first-order chi connectivity index (χ1) is 18.3. The molecule has 2 aromatic rings. The number of hydrogen-bond acceptors (Lipinski definition) is 5. The van der Waals surface area contributed by atoms with Crippen LogP contribution in [-0.2, 0) is 19.1 Å². The first-order valence-corrected chi connectivity index (χ1v) is 13.6. The number of ether oxygens (including phenoxy) is 1. The number of amides is 3. The topological polar surface area (TPSA) is 108 Å². The Morgan fingerprint density at radius 3 is 2.53 bits per heavy atom. The summed E-state index contributed by atoms with van der Waals surface area (Å²) in [7, 11) is 0. The Bertz CT molecular complexity index is 1230. The van der Waals surface area contributed by atoms with Crippen LogP contribution in [0.4, 0.5) is 11.4 Å². The number of aliphatic hydroxyl groups is 1. The number of hydrogen-bond donors (Lipinski definition) is 3. The summed E-state index contributed by atoms with van der Waals surface area (Å²) in [6.45, 7) is 6.21. The SMILES string of the molecule is CC[C@]12CCC3(O1)C(C(=O)Nc1cc(C)ccc1C)N(CCCCO)C(=O)[C@@H]3[C@H]2C(=O)Nc1ccccc1. The van der Waals surface area contributed by atoms with E-state index >= 15 is 0 Å². The Balaban J connectivity index is 1.52. The highest BCUT2D eigenvalue weighted by atomic mass is 16.5. The summed E-state index contributed by atoms with van der Waals surface area (Å²) < 4.78 is 6.79. The van der Waals surface area contributed by atoms with Gasteiger partial charge in [0.1, 0.15) is 11.6 Å². The maximum atomic E-state index is 14.1. The monoisotopic (exact) mass is 519 g/mol. The lowest BCUT2D eigenvalue weighted by Gasteiger charge is -2.34.